The highest BCUT2D eigenvalue weighted by Crippen LogP contribution is 2.48. The molecule has 2 heterocycles. The van der Waals surface area contributed by atoms with E-state index in [0.29, 0.717) is 12.6 Å². The lowest BCUT2D eigenvalue weighted by Crippen LogP contribution is -2.50. The van der Waals surface area contributed by atoms with Crippen LogP contribution in [0.4, 0.5) is 10.5 Å². The first kappa shape index (κ1) is 18.8. The molecule has 1 atom stereocenters. The summed E-state index contributed by atoms with van der Waals surface area (Å²) in [5.41, 5.74) is 3.97. The van der Waals surface area contributed by atoms with Gasteiger partial charge in [0.2, 0.25) is 0 Å². The van der Waals surface area contributed by atoms with E-state index in [2.05, 4.69) is 42.3 Å². The number of aryl methyl sites for hydroxylation is 1. The van der Waals surface area contributed by atoms with Crippen molar-refractivity contribution in [2.75, 3.05) is 31.1 Å². The summed E-state index contributed by atoms with van der Waals surface area (Å²) in [6, 6.07) is 7.40. The zero-order valence-electron chi connectivity index (χ0n) is 17.3. The number of nitrogens with zero attached hydrogens (tertiary/aromatic N) is 2. The number of benzene rings is 1. The summed E-state index contributed by atoms with van der Waals surface area (Å²) < 4.78 is 0. The van der Waals surface area contributed by atoms with Gasteiger partial charge in [0.15, 0.2) is 0 Å². The Morgan fingerprint density at radius 3 is 2.63 bits per heavy atom. The number of amides is 2. The summed E-state index contributed by atoms with van der Waals surface area (Å²) in [6.45, 7) is 10.4. The zero-order valence-corrected chi connectivity index (χ0v) is 17.3. The molecule has 4 heteroatoms. The summed E-state index contributed by atoms with van der Waals surface area (Å²) in [4.78, 5) is 17.4. The van der Waals surface area contributed by atoms with Crippen LogP contribution in [0.25, 0.3) is 0 Å². The van der Waals surface area contributed by atoms with Crippen molar-refractivity contribution < 1.29 is 4.79 Å². The Bertz CT molecular complexity index is 687. The van der Waals surface area contributed by atoms with Crippen molar-refractivity contribution >= 4 is 11.7 Å². The number of piperidine rings is 1. The second-order valence-electron chi connectivity index (χ2n) is 9.04. The van der Waals surface area contributed by atoms with Crippen LogP contribution < -0.4 is 10.2 Å². The van der Waals surface area contributed by atoms with E-state index in [4.69, 9.17) is 0 Å². The van der Waals surface area contributed by atoms with Gasteiger partial charge in [-0.15, -0.1) is 0 Å². The zero-order chi connectivity index (χ0) is 19.0. The maximum atomic E-state index is 12.7. The van der Waals surface area contributed by atoms with Gasteiger partial charge in [-0.3, -0.25) is 4.90 Å². The topological polar surface area (TPSA) is 35.6 Å². The summed E-state index contributed by atoms with van der Waals surface area (Å²) in [6.07, 6.45) is 7.99. The third kappa shape index (κ3) is 3.37. The van der Waals surface area contributed by atoms with Crippen molar-refractivity contribution in [3.63, 3.8) is 0 Å². The van der Waals surface area contributed by atoms with E-state index in [1.807, 2.05) is 11.8 Å². The molecule has 0 aromatic heterocycles. The van der Waals surface area contributed by atoms with E-state index in [0.717, 1.165) is 44.1 Å². The third-order valence-electron chi connectivity index (χ3n) is 7.46. The molecule has 1 unspecified atom stereocenters. The molecular weight excluding hydrogens is 334 g/mol. The molecule has 0 radical (unpaired) electrons. The second-order valence-corrected chi connectivity index (χ2v) is 9.04. The lowest BCUT2D eigenvalue weighted by atomic mass is 9.73. The Morgan fingerprint density at radius 2 is 1.96 bits per heavy atom. The van der Waals surface area contributed by atoms with Gasteiger partial charge in [0, 0.05) is 30.2 Å². The van der Waals surface area contributed by atoms with Crippen LogP contribution in [0.5, 0.6) is 0 Å². The predicted molar refractivity (Wildman–Crippen MR) is 112 cm³/mol. The molecular formula is C23H35N3O. The Balaban J connectivity index is 1.53. The molecule has 1 N–H and O–H groups in total. The van der Waals surface area contributed by atoms with Crippen LogP contribution in [0.15, 0.2) is 18.2 Å². The van der Waals surface area contributed by atoms with Crippen LogP contribution in [-0.2, 0) is 5.41 Å². The molecule has 1 aromatic carbocycles. The molecule has 1 spiro atoms. The van der Waals surface area contributed by atoms with Gasteiger partial charge in [-0.2, -0.15) is 0 Å². The minimum absolute atomic E-state index is 0.0567. The fraction of sp³-hybridized carbons (Fsp3) is 0.696. The molecule has 2 aliphatic heterocycles. The third-order valence-corrected chi connectivity index (χ3v) is 7.46. The van der Waals surface area contributed by atoms with Gasteiger partial charge in [-0.25, -0.2) is 4.79 Å². The van der Waals surface area contributed by atoms with Gasteiger partial charge < -0.3 is 10.2 Å². The van der Waals surface area contributed by atoms with Crippen LogP contribution in [0.2, 0.25) is 0 Å². The number of fused-ring (bicyclic) bond motifs is 2. The molecule has 4 nitrogen and oxygen atoms in total. The maximum Gasteiger partial charge on any atom is 0.321 e. The van der Waals surface area contributed by atoms with Gasteiger partial charge in [0.05, 0.1) is 0 Å². The molecule has 1 aliphatic carbocycles. The average Bonchev–Trinajstić information content (AvgIpc) is 3.30. The maximum absolute atomic E-state index is 12.7. The van der Waals surface area contributed by atoms with Crippen LogP contribution >= 0.6 is 0 Å². The number of rotatable bonds is 3. The largest absolute Gasteiger partial charge is 0.338 e. The van der Waals surface area contributed by atoms with Crippen LogP contribution in [0.3, 0.4) is 0 Å². The molecule has 0 bridgehead atoms. The highest BCUT2D eigenvalue weighted by molar-refractivity contribution is 5.95. The van der Waals surface area contributed by atoms with E-state index in [9.17, 15) is 4.79 Å². The summed E-state index contributed by atoms with van der Waals surface area (Å²) in [5.74, 6) is 0.893. The number of hydrogen-bond donors (Lipinski definition) is 1. The van der Waals surface area contributed by atoms with Gasteiger partial charge in [0.1, 0.15) is 0 Å². The van der Waals surface area contributed by atoms with E-state index >= 15 is 0 Å². The molecule has 1 saturated carbocycles. The SMILES string of the molecule is CCNC(=O)N1CC2(CCN(C(C)C3CCCC3)CC2)c2cc(C)ccc21. The molecule has 1 saturated heterocycles. The lowest BCUT2D eigenvalue weighted by molar-refractivity contribution is 0.0962. The second kappa shape index (κ2) is 7.46. The number of carbonyl (C=O) groups excluding carboxylic acids is 1. The van der Waals surface area contributed by atoms with Gasteiger partial charge in [-0.1, -0.05) is 30.5 Å². The molecule has 27 heavy (non-hydrogen) atoms. The normalized spacial score (nSPS) is 23.6. The van der Waals surface area contributed by atoms with E-state index in [1.54, 1.807) is 0 Å². The number of likely N-dealkylation sites (tertiary alicyclic amines) is 1. The van der Waals surface area contributed by atoms with Gasteiger partial charge in [0.25, 0.3) is 0 Å². The average molecular weight is 370 g/mol. The van der Waals surface area contributed by atoms with E-state index in [-0.39, 0.29) is 11.4 Å². The Morgan fingerprint density at radius 1 is 1.26 bits per heavy atom. The summed E-state index contributed by atoms with van der Waals surface area (Å²) in [7, 11) is 0. The summed E-state index contributed by atoms with van der Waals surface area (Å²) in [5, 5.41) is 3.01. The molecule has 4 rings (SSSR count). The molecule has 148 valence electrons. The Hall–Kier alpha value is -1.55. The van der Waals surface area contributed by atoms with Crippen molar-refractivity contribution in [3.8, 4) is 0 Å². The fourth-order valence-electron chi connectivity index (χ4n) is 5.74. The Kier molecular flexibility index (Phi) is 5.19. The fourth-order valence-corrected chi connectivity index (χ4v) is 5.74. The lowest BCUT2D eigenvalue weighted by Gasteiger charge is -2.43. The number of urea groups is 1. The Labute approximate surface area is 164 Å². The summed E-state index contributed by atoms with van der Waals surface area (Å²) >= 11 is 0. The van der Waals surface area contributed by atoms with E-state index < -0.39 is 0 Å². The molecule has 1 aromatic rings. The minimum Gasteiger partial charge on any atom is -0.338 e. The molecule has 2 fully saturated rings. The number of anilines is 1. The van der Waals surface area contributed by atoms with Gasteiger partial charge >= 0.3 is 6.03 Å². The standard InChI is InChI=1S/C23H35N3O/c1-4-24-22(27)26-16-23(20-15-17(2)9-10-21(20)26)11-13-25(14-12-23)18(3)19-7-5-6-8-19/h9-10,15,18-19H,4-8,11-14,16H2,1-3H3,(H,24,27). The number of hydrogen-bond acceptors (Lipinski definition) is 2. The number of nitrogens with one attached hydrogen (secondary N) is 1. The molecule has 2 amide bonds. The first-order valence-electron chi connectivity index (χ1n) is 10.9. The van der Waals surface area contributed by atoms with Crippen molar-refractivity contribution in [2.45, 2.75) is 70.8 Å². The van der Waals surface area contributed by atoms with Crippen molar-refractivity contribution in [2.24, 2.45) is 5.92 Å². The molecule has 3 aliphatic rings. The highest BCUT2D eigenvalue weighted by atomic mass is 16.2. The minimum atomic E-state index is 0.0567. The van der Waals surface area contributed by atoms with Crippen molar-refractivity contribution in [3.05, 3.63) is 29.3 Å². The van der Waals surface area contributed by atoms with Gasteiger partial charge in [-0.05, 0) is 77.1 Å². The van der Waals surface area contributed by atoms with Crippen molar-refractivity contribution in [1.29, 1.82) is 0 Å². The highest BCUT2D eigenvalue weighted by Gasteiger charge is 2.47. The first-order valence-corrected chi connectivity index (χ1v) is 10.9. The monoisotopic (exact) mass is 369 g/mol. The van der Waals surface area contributed by atoms with Crippen LogP contribution in [-0.4, -0.2) is 43.2 Å². The quantitative estimate of drug-likeness (QED) is 0.854. The van der Waals surface area contributed by atoms with Crippen LogP contribution in [0.1, 0.15) is 63.5 Å². The van der Waals surface area contributed by atoms with Crippen LogP contribution in [0, 0.1) is 12.8 Å². The first-order chi connectivity index (χ1) is 13.0. The number of carbonyl (C=O) groups is 1. The van der Waals surface area contributed by atoms with Crippen molar-refractivity contribution in [1.82, 2.24) is 10.2 Å². The van der Waals surface area contributed by atoms with E-state index in [1.165, 1.54) is 36.8 Å². The predicted octanol–water partition coefficient (Wildman–Crippen LogP) is 4.46. The smallest absolute Gasteiger partial charge is 0.321 e.